The van der Waals surface area contributed by atoms with Gasteiger partial charge in [0.15, 0.2) is 0 Å². The number of carbonyl (C=O) groups is 1. The zero-order valence-electron chi connectivity index (χ0n) is 26.5. The van der Waals surface area contributed by atoms with E-state index >= 15 is 0 Å². The normalized spacial score (nSPS) is 37.8. The summed E-state index contributed by atoms with van der Waals surface area (Å²) in [4.78, 5) is 12.5. The van der Waals surface area contributed by atoms with Gasteiger partial charge in [-0.15, -0.1) is 0 Å². The van der Waals surface area contributed by atoms with E-state index in [1.807, 2.05) is 0 Å². The first kappa shape index (κ1) is 30.6. The van der Waals surface area contributed by atoms with Crippen LogP contribution in [0.1, 0.15) is 132 Å². The SMILES string of the molecule is C/C=C\CCCCC(=O)OC1CCC2(C)C(=CCC3C2CCC2(C)C(C(C)/C=C/C(CC)C(C)C)CCC32)C1. The van der Waals surface area contributed by atoms with Crippen molar-refractivity contribution < 1.29 is 9.53 Å². The van der Waals surface area contributed by atoms with Crippen LogP contribution in [-0.2, 0) is 9.53 Å². The van der Waals surface area contributed by atoms with E-state index < -0.39 is 0 Å². The molecule has 0 aliphatic heterocycles. The molecule has 2 heteroatoms. The average Bonchev–Trinajstić information content (AvgIpc) is 3.26. The number of hydrogen-bond donors (Lipinski definition) is 0. The van der Waals surface area contributed by atoms with Crippen molar-refractivity contribution in [2.75, 3.05) is 0 Å². The molecule has 4 aliphatic rings. The quantitative estimate of drug-likeness (QED) is 0.149. The maximum atomic E-state index is 12.5. The standard InChI is InChI=1S/C37H60O2/c1-8-10-11-12-13-14-35(38)39-30-21-23-36(6)29(25-30)17-18-31-33-20-19-32(37(33,7)24-22-34(31)36)27(5)15-16-28(9-2)26(3)4/h8,10,15-17,26-28,30-34H,9,11-14,18-25H2,1-7H3/b10-8-,16-15+. The smallest absolute Gasteiger partial charge is 0.306 e. The fraction of sp³-hybridized carbons (Fsp3) is 0.811. The number of rotatable bonds is 11. The molecule has 0 aromatic rings. The summed E-state index contributed by atoms with van der Waals surface area (Å²) in [6.45, 7) is 16.9. The van der Waals surface area contributed by atoms with Gasteiger partial charge >= 0.3 is 5.97 Å². The lowest BCUT2D eigenvalue weighted by Gasteiger charge is -2.58. The van der Waals surface area contributed by atoms with Gasteiger partial charge in [-0.2, -0.15) is 0 Å². The largest absolute Gasteiger partial charge is 0.462 e. The summed E-state index contributed by atoms with van der Waals surface area (Å²) in [6, 6.07) is 0. The average molecular weight is 537 g/mol. The lowest BCUT2D eigenvalue weighted by atomic mass is 9.47. The lowest BCUT2D eigenvalue weighted by molar-refractivity contribution is -0.151. The van der Waals surface area contributed by atoms with Crippen molar-refractivity contribution >= 4 is 5.97 Å². The second-order valence-corrected chi connectivity index (χ2v) is 14.7. The Bertz CT molecular complexity index is 910. The molecule has 2 nitrogen and oxygen atoms in total. The molecule has 0 radical (unpaired) electrons. The molecule has 0 bridgehead atoms. The summed E-state index contributed by atoms with van der Waals surface area (Å²) in [6.07, 6.45) is 27.1. The van der Waals surface area contributed by atoms with E-state index in [2.05, 4.69) is 78.8 Å². The molecular weight excluding hydrogens is 476 g/mol. The molecule has 220 valence electrons. The molecule has 0 heterocycles. The Labute approximate surface area is 241 Å². The first-order valence-corrected chi connectivity index (χ1v) is 16.8. The molecule has 0 aromatic heterocycles. The van der Waals surface area contributed by atoms with Gasteiger partial charge in [0.1, 0.15) is 6.10 Å². The van der Waals surface area contributed by atoms with Crippen LogP contribution in [0.3, 0.4) is 0 Å². The van der Waals surface area contributed by atoms with Crippen molar-refractivity contribution in [3.05, 3.63) is 36.0 Å². The van der Waals surface area contributed by atoms with E-state index in [-0.39, 0.29) is 12.1 Å². The van der Waals surface area contributed by atoms with Crippen LogP contribution in [0.15, 0.2) is 36.0 Å². The summed E-state index contributed by atoms with van der Waals surface area (Å²) < 4.78 is 6.01. The van der Waals surface area contributed by atoms with Crippen molar-refractivity contribution in [1.82, 2.24) is 0 Å². The van der Waals surface area contributed by atoms with Crippen molar-refractivity contribution in [2.45, 2.75) is 138 Å². The maximum absolute atomic E-state index is 12.5. The Morgan fingerprint density at radius 1 is 1.05 bits per heavy atom. The Kier molecular flexibility index (Phi) is 10.3. The zero-order chi connectivity index (χ0) is 28.2. The molecule has 0 N–H and O–H groups in total. The van der Waals surface area contributed by atoms with Crippen LogP contribution in [0.2, 0.25) is 0 Å². The lowest BCUT2D eigenvalue weighted by Crippen LogP contribution is -2.51. The maximum Gasteiger partial charge on any atom is 0.306 e. The first-order chi connectivity index (χ1) is 18.6. The fourth-order valence-corrected chi connectivity index (χ4v) is 9.86. The predicted molar refractivity (Wildman–Crippen MR) is 165 cm³/mol. The minimum atomic E-state index is 0.0191. The van der Waals surface area contributed by atoms with Crippen LogP contribution < -0.4 is 0 Å². The second kappa shape index (κ2) is 13.1. The second-order valence-electron chi connectivity index (χ2n) is 14.7. The van der Waals surface area contributed by atoms with Crippen molar-refractivity contribution in [3.63, 3.8) is 0 Å². The number of hydrogen-bond acceptors (Lipinski definition) is 2. The third-order valence-corrected chi connectivity index (χ3v) is 12.3. The van der Waals surface area contributed by atoms with Crippen LogP contribution >= 0.6 is 0 Å². The number of fused-ring (bicyclic) bond motifs is 5. The van der Waals surface area contributed by atoms with E-state index in [0.717, 1.165) is 61.7 Å². The van der Waals surface area contributed by atoms with Gasteiger partial charge in [-0.1, -0.05) is 77.5 Å². The summed E-state index contributed by atoms with van der Waals surface area (Å²) in [5.74, 6) is 5.51. The van der Waals surface area contributed by atoms with Crippen LogP contribution in [0.4, 0.5) is 0 Å². The molecule has 9 atom stereocenters. The van der Waals surface area contributed by atoms with E-state index in [1.54, 1.807) is 5.57 Å². The highest BCUT2D eigenvalue weighted by Crippen LogP contribution is 2.67. The topological polar surface area (TPSA) is 26.3 Å². The number of ether oxygens (including phenoxy) is 1. The molecule has 39 heavy (non-hydrogen) atoms. The Hall–Kier alpha value is -1.31. The Morgan fingerprint density at radius 2 is 1.85 bits per heavy atom. The first-order valence-electron chi connectivity index (χ1n) is 16.8. The van der Waals surface area contributed by atoms with Gasteiger partial charge in [0, 0.05) is 12.8 Å². The fourth-order valence-electron chi connectivity index (χ4n) is 9.86. The number of allylic oxidation sites excluding steroid dienone is 5. The van der Waals surface area contributed by atoms with Crippen LogP contribution in [0.5, 0.6) is 0 Å². The molecule has 3 saturated carbocycles. The van der Waals surface area contributed by atoms with E-state index in [1.165, 1.54) is 44.9 Å². The van der Waals surface area contributed by atoms with Crippen LogP contribution in [0, 0.1) is 52.3 Å². The summed E-state index contributed by atoms with van der Waals surface area (Å²) in [5.41, 5.74) is 2.43. The summed E-state index contributed by atoms with van der Waals surface area (Å²) in [7, 11) is 0. The summed E-state index contributed by atoms with van der Waals surface area (Å²) in [5, 5.41) is 0. The van der Waals surface area contributed by atoms with Gasteiger partial charge in [0.05, 0.1) is 0 Å². The molecule has 4 aliphatic carbocycles. The van der Waals surface area contributed by atoms with Gasteiger partial charge in [-0.25, -0.2) is 0 Å². The zero-order valence-corrected chi connectivity index (χ0v) is 26.5. The highest BCUT2D eigenvalue weighted by atomic mass is 16.5. The van der Waals surface area contributed by atoms with E-state index in [4.69, 9.17) is 4.74 Å². The molecule has 4 rings (SSSR count). The van der Waals surface area contributed by atoms with Crippen molar-refractivity contribution in [3.8, 4) is 0 Å². The number of unbranched alkanes of at least 4 members (excludes halogenated alkanes) is 2. The van der Waals surface area contributed by atoms with Crippen LogP contribution in [-0.4, -0.2) is 12.1 Å². The van der Waals surface area contributed by atoms with Gasteiger partial charge in [-0.05, 0) is 130 Å². The summed E-state index contributed by atoms with van der Waals surface area (Å²) >= 11 is 0. The Balaban J connectivity index is 1.37. The van der Waals surface area contributed by atoms with E-state index in [0.29, 0.717) is 29.1 Å². The van der Waals surface area contributed by atoms with Gasteiger partial charge < -0.3 is 4.74 Å². The van der Waals surface area contributed by atoms with Gasteiger partial charge in [-0.3, -0.25) is 4.79 Å². The highest BCUT2D eigenvalue weighted by Gasteiger charge is 2.59. The monoisotopic (exact) mass is 536 g/mol. The third kappa shape index (κ3) is 6.46. The minimum absolute atomic E-state index is 0.0191. The van der Waals surface area contributed by atoms with Crippen molar-refractivity contribution in [2.24, 2.45) is 52.3 Å². The molecular formula is C37H60O2. The van der Waals surface area contributed by atoms with E-state index in [9.17, 15) is 4.79 Å². The Morgan fingerprint density at radius 3 is 2.56 bits per heavy atom. The van der Waals surface area contributed by atoms with Crippen LogP contribution in [0.25, 0.3) is 0 Å². The molecule has 0 aromatic carbocycles. The molecule has 0 spiro atoms. The molecule has 0 saturated heterocycles. The third-order valence-electron chi connectivity index (χ3n) is 12.3. The molecule has 0 amide bonds. The predicted octanol–water partition coefficient (Wildman–Crippen LogP) is 10.5. The highest BCUT2D eigenvalue weighted by molar-refractivity contribution is 5.69. The minimum Gasteiger partial charge on any atom is -0.462 e. The number of carbonyl (C=O) groups excluding carboxylic acids is 1. The van der Waals surface area contributed by atoms with Crippen molar-refractivity contribution in [1.29, 1.82) is 0 Å². The molecule has 3 fully saturated rings. The molecule has 9 unspecified atom stereocenters. The van der Waals surface area contributed by atoms with Gasteiger partial charge in [0.2, 0.25) is 0 Å². The van der Waals surface area contributed by atoms with Gasteiger partial charge in [0.25, 0.3) is 0 Å². The number of esters is 1.